The van der Waals surface area contributed by atoms with Gasteiger partial charge < -0.3 is 0 Å². The Morgan fingerprint density at radius 1 is 1.10 bits per heavy atom. The summed E-state index contributed by atoms with van der Waals surface area (Å²) in [5.41, 5.74) is 3.61. The van der Waals surface area contributed by atoms with Crippen LogP contribution in [0.4, 0.5) is 5.13 Å². The van der Waals surface area contributed by atoms with Crippen LogP contribution < -0.4 is 10.5 Å². The molecule has 0 N–H and O–H groups in total. The van der Waals surface area contributed by atoms with Gasteiger partial charge in [0.1, 0.15) is 6.54 Å². The number of nitrogens with zero attached hydrogens (tertiary/aromatic N) is 4. The highest BCUT2D eigenvalue weighted by Gasteiger charge is 2.22. The summed E-state index contributed by atoms with van der Waals surface area (Å²) >= 11 is 7.69. The molecule has 0 atom stereocenters. The van der Waals surface area contributed by atoms with E-state index in [-0.39, 0.29) is 18.0 Å². The molecular weight excluding hydrogens is 432 g/mol. The summed E-state index contributed by atoms with van der Waals surface area (Å²) in [6, 6.07) is 13.5. The van der Waals surface area contributed by atoms with Gasteiger partial charge in [-0.3, -0.25) is 19.1 Å². The summed E-state index contributed by atoms with van der Waals surface area (Å²) in [5, 5.41) is 1.21. The summed E-state index contributed by atoms with van der Waals surface area (Å²) in [6.07, 6.45) is 1.42. The number of hydrogen-bond acceptors (Lipinski definition) is 5. The summed E-state index contributed by atoms with van der Waals surface area (Å²) < 4.78 is 2.30. The first-order valence-corrected chi connectivity index (χ1v) is 11.0. The average molecular weight is 453 g/mol. The van der Waals surface area contributed by atoms with E-state index >= 15 is 0 Å². The van der Waals surface area contributed by atoms with Crippen LogP contribution in [-0.4, -0.2) is 20.4 Å². The Hall–Kier alpha value is -3.03. The van der Waals surface area contributed by atoms with Crippen LogP contribution in [0, 0.1) is 20.8 Å². The number of aryl methyl sites for hydroxylation is 2. The Morgan fingerprint density at radius 2 is 1.84 bits per heavy atom. The zero-order valence-corrected chi connectivity index (χ0v) is 19.0. The molecule has 2 aromatic heterocycles. The predicted molar refractivity (Wildman–Crippen MR) is 125 cm³/mol. The zero-order chi connectivity index (χ0) is 22.1. The Balaban J connectivity index is 1.74. The van der Waals surface area contributed by atoms with Gasteiger partial charge in [-0.2, -0.15) is 0 Å². The minimum absolute atomic E-state index is 0.116. The van der Waals surface area contributed by atoms with E-state index in [4.69, 9.17) is 16.6 Å². The van der Waals surface area contributed by atoms with Crippen LogP contribution in [0.5, 0.6) is 0 Å². The maximum atomic E-state index is 13.4. The molecule has 0 bridgehead atoms. The molecule has 0 aliphatic carbocycles. The lowest BCUT2D eigenvalue weighted by Gasteiger charge is -2.20. The van der Waals surface area contributed by atoms with Gasteiger partial charge >= 0.3 is 0 Å². The maximum Gasteiger partial charge on any atom is 0.256 e. The van der Waals surface area contributed by atoms with Crippen molar-refractivity contribution in [3.8, 4) is 0 Å². The minimum Gasteiger partial charge on any atom is -0.289 e. The maximum absolute atomic E-state index is 13.4. The lowest BCUT2D eigenvalue weighted by atomic mass is 10.2. The molecule has 2 aromatic carbocycles. The molecule has 0 aliphatic rings. The van der Waals surface area contributed by atoms with Gasteiger partial charge in [0.05, 0.1) is 23.1 Å². The standard InChI is InChI=1S/C23H21ClN4O2S/c1-14-16(3)25-13-27(22(14)30)12-20(29)28(11-17-7-5-4-6-8-17)23-26-21-15(2)18(24)9-10-19(21)31-23/h4-10,13H,11-12H2,1-3H3. The third-order valence-corrected chi connectivity index (χ3v) is 6.73. The lowest BCUT2D eigenvalue weighted by Crippen LogP contribution is -2.37. The van der Waals surface area contributed by atoms with Crippen molar-refractivity contribution in [3.63, 3.8) is 0 Å². The Labute approximate surface area is 188 Å². The smallest absolute Gasteiger partial charge is 0.256 e. The fourth-order valence-electron chi connectivity index (χ4n) is 3.25. The fourth-order valence-corrected chi connectivity index (χ4v) is 4.45. The van der Waals surface area contributed by atoms with Crippen LogP contribution in [0.25, 0.3) is 10.2 Å². The zero-order valence-electron chi connectivity index (χ0n) is 17.4. The van der Waals surface area contributed by atoms with Gasteiger partial charge in [0.2, 0.25) is 5.91 Å². The number of benzene rings is 2. The number of fused-ring (bicyclic) bond motifs is 1. The molecule has 0 fully saturated rings. The first kappa shape index (κ1) is 21.2. The van der Waals surface area contributed by atoms with E-state index in [9.17, 15) is 9.59 Å². The number of amides is 1. The van der Waals surface area contributed by atoms with Crippen LogP contribution in [0.2, 0.25) is 5.02 Å². The lowest BCUT2D eigenvalue weighted by molar-refractivity contribution is -0.119. The van der Waals surface area contributed by atoms with E-state index < -0.39 is 0 Å². The molecule has 0 spiro atoms. The van der Waals surface area contributed by atoms with Crippen LogP contribution >= 0.6 is 22.9 Å². The van der Waals surface area contributed by atoms with Gasteiger partial charge in [-0.15, -0.1) is 0 Å². The molecule has 0 saturated carbocycles. The number of aromatic nitrogens is 3. The molecule has 0 saturated heterocycles. The monoisotopic (exact) mass is 452 g/mol. The van der Waals surface area contributed by atoms with Gasteiger partial charge in [-0.1, -0.05) is 53.3 Å². The Morgan fingerprint density at radius 3 is 2.58 bits per heavy atom. The van der Waals surface area contributed by atoms with Crippen molar-refractivity contribution in [1.82, 2.24) is 14.5 Å². The molecule has 31 heavy (non-hydrogen) atoms. The first-order valence-electron chi connectivity index (χ1n) is 9.77. The molecular formula is C23H21ClN4O2S. The third-order valence-electron chi connectivity index (χ3n) is 5.27. The van der Waals surface area contributed by atoms with Gasteiger partial charge in [0.25, 0.3) is 5.56 Å². The van der Waals surface area contributed by atoms with E-state index in [0.717, 1.165) is 21.3 Å². The topological polar surface area (TPSA) is 68.1 Å². The van der Waals surface area contributed by atoms with Crippen LogP contribution in [-0.2, 0) is 17.9 Å². The number of rotatable bonds is 5. The van der Waals surface area contributed by atoms with Crippen molar-refractivity contribution in [1.29, 1.82) is 0 Å². The van der Waals surface area contributed by atoms with E-state index in [1.54, 1.807) is 18.7 Å². The molecule has 1 amide bonds. The van der Waals surface area contributed by atoms with Crippen molar-refractivity contribution < 1.29 is 4.79 Å². The normalized spacial score (nSPS) is 11.1. The van der Waals surface area contributed by atoms with Crippen LogP contribution in [0.1, 0.15) is 22.4 Å². The molecule has 0 radical (unpaired) electrons. The van der Waals surface area contributed by atoms with Crippen LogP contribution in [0.3, 0.4) is 0 Å². The summed E-state index contributed by atoms with van der Waals surface area (Å²) in [6.45, 7) is 5.64. The van der Waals surface area contributed by atoms with Crippen molar-refractivity contribution >= 4 is 44.2 Å². The highest BCUT2D eigenvalue weighted by atomic mass is 35.5. The average Bonchev–Trinajstić information content (AvgIpc) is 3.20. The Bertz CT molecular complexity index is 1330. The van der Waals surface area contributed by atoms with E-state index in [1.807, 2.05) is 49.4 Å². The minimum atomic E-state index is -0.237. The molecule has 0 unspecified atom stereocenters. The third kappa shape index (κ3) is 4.24. The van der Waals surface area contributed by atoms with Crippen molar-refractivity contribution in [2.45, 2.75) is 33.9 Å². The quantitative estimate of drug-likeness (QED) is 0.441. The fraction of sp³-hybridized carbons (Fsp3) is 0.217. The molecule has 4 aromatic rings. The van der Waals surface area contributed by atoms with Gasteiger partial charge in [0, 0.05) is 16.3 Å². The van der Waals surface area contributed by atoms with Gasteiger partial charge in [-0.25, -0.2) is 9.97 Å². The van der Waals surface area contributed by atoms with Crippen molar-refractivity contribution in [3.05, 3.63) is 86.6 Å². The number of halogens is 1. The number of thiazole rings is 1. The molecule has 0 aliphatic heterocycles. The van der Waals surface area contributed by atoms with Crippen molar-refractivity contribution in [2.75, 3.05) is 4.90 Å². The van der Waals surface area contributed by atoms with Gasteiger partial charge in [-0.05, 0) is 44.0 Å². The predicted octanol–water partition coefficient (Wildman–Crippen LogP) is 4.67. The summed E-state index contributed by atoms with van der Waals surface area (Å²) in [4.78, 5) is 36.5. The SMILES string of the molecule is Cc1ncn(CC(=O)N(Cc2ccccc2)c2nc3c(C)c(Cl)ccc3s2)c(=O)c1C. The molecule has 6 nitrogen and oxygen atoms in total. The number of carbonyl (C=O) groups excluding carboxylic acids is 1. The molecule has 4 rings (SSSR count). The highest BCUT2D eigenvalue weighted by Crippen LogP contribution is 2.34. The summed E-state index contributed by atoms with van der Waals surface area (Å²) in [5.74, 6) is -0.237. The second-order valence-corrected chi connectivity index (χ2v) is 8.79. The number of carbonyl (C=O) groups is 1. The number of anilines is 1. The second-order valence-electron chi connectivity index (χ2n) is 7.37. The Kier molecular flexibility index (Phi) is 5.89. The van der Waals surface area contributed by atoms with E-state index in [0.29, 0.717) is 28.0 Å². The van der Waals surface area contributed by atoms with Crippen molar-refractivity contribution in [2.24, 2.45) is 0 Å². The molecule has 8 heteroatoms. The highest BCUT2D eigenvalue weighted by molar-refractivity contribution is 7.22. The summed E-state index contributed by atoms with van der Waals surface area (Å²) in [7, 11) is 0. The van der Waals surface area contributed by atoms with E-state index in [2.05, 4.69) is 4.98 Å². The first-order chi connectivity index (χ1) is 14.8. The second kappa shape index (κ2) is 8.61. The van der Waals surface area contributed by atoms with Crippen LogP contribution in [0.15, 0.2) is 53.6 Å². The number of hydrogen-bond donors (Lipinski definition) is 0. The van der Waals surface area contributed by atoms with Gasteiger partial charge in [0.15, 0.2) is 5.13 Å². The molecule has 2 heterocycles. The van der Waals surface area contributed by atoms with E-state index in [1.165, 1.54) is 22.2 Å². The molecule has 158 valence electrons. The largest absolute Gasteiger partial charge is 0.289 e.